The van der Waals surface area contributed by atoms with Crippen molar-refractivity contribution in [1.29, 1.82) is 0 Å². The highest BCUT2D eigenvalue weighted by Crippen LogP contribution is 2.27. The standard InChI is InChI=1S/C22H22N6O/c1-16-3-2-4-19(24-16)14-27-11-12-29-21(15-27)22-20-6-5-18(13-28(20)26-25-22)17-7-9-23-10-8-17/h2-10,13,21H,11-12,14-15H2,1H3. The number of morpholine rings is 1. The van der Waals surface area contributed by atoms with Crippen LogP contribution in [0.25, 0.3) is 16.6 Å². The molecule has 7 nitrogen and oxygen atoms in total. The van der Waals surface area contributed by atoms with Crippen molar-refractivity contribution in [2.24, 2.45) is 0 Å². The van der Waals surface area contributed by atoms with Gasteiger partial charge < -0.3 is 4.74 Å². The molecule has 7 heteroatoms. The Labute approximate surface area is 169 Å². The molecule has 29 heavy (non-hydrogen) atoms. The lowest BCUT2D eigenvalue weighted by atomic mass is 10.1. The number of fused-ring (bicyclic) bond motifs is 1. The van der Waals surface area contributed by atoms with Crippen LogP contribution in [-0.2, 0) is 11.3 Å². The van der Waals surface area contributed by atoms with Crippen molar-refractivity contribution in [2.45, 2.75) is 19.6 Å². The largest absolute Gasteiger partial charge is 0.369 e. The van der Waals surface area contributed by atoms with Gasteiger partial charge in [0.05, 0.1) is 17.8 Å². The molecule has 0 N–H and O–H groups in total. The molecule has 0 spiro atoms. The molecule has 1 aliphatic rings. The highest BCUT2D eigenvalue weighted by atomic mass is 16.5. The minimum absolute atomic E-state index is 0.0992. The van der Waals surface area contributed by atoms with E-state index in [1.165, 1.54) is 0 Å². The van der Waals surface area contributed by atoms with Crippen molar-refractivity contribution in [3.05, 3.63) is 78.1 Å². The van der Waals surface area contributed by atoms with Gasteiger partial charge in [0.2, 0.25) is 0 Å². The van der Waals surface area contributed by atoms with E-state index in [2.05, 4.69) is 49.4 Å². The van der Waals surface area contributed by atoms with E-state index < -0.39 is 0 Å². The molecular weight excluding hydrogens is 364 g/mol. The Kier molecular flexibility index (Phi) is 4.75. The second-order valence-corrected chi connectivity index (χ2v) is 7.32. The summed E-state index contributed by atoms with van der Waals surface area (Å²) in [5.74, 6) is 0. The smallest absolute Gasteiger partial charge is 0.121 e. The van der Waals surface area contributed by atoms with Crippen LogP contribution >= 0.6 is 0 Å². The summed E-state index contributed by atoms with van der Waals surface area (Å²) in [6.07, 6.45) is 5.48. The van der Waals surface area contributed by atoms with Gasteiger partial charge in [-0.2, -0.15) is 0 Å². The van der Waals surface area contributed by atoms with Crippen LogP contribution in [0.1, 0.15) is 23.2 Å². The summed E-state index contributed by atoms with van der Waals surface area (Å²) >= 11 is 0. The fourth-order valence-corrected chi connectivity index (χ4v) is 3.79. The maximum atomic E-state index is 6.05. The topological polar surface area (TPSA) is 68.4 Å². The number of rotatable bonds is 4. The van der Waals surface area contributed by atoms with E-state index in [1.807, 2.05) is 35.8 Å². The van der Waals surface area contributed by atoms with Crippen LogP contribution in [0.15, 0.2) is 61.1 Å². The summed E-state index contributed by atoms with van der Waals surface area (Å²) in [4.78, 5) is 11.1. The van der Waals surface area contributed by atoms with E-state index in [0.717, 1.165) is 53.4 Å². The molecule has 1 aliphatic heterocycles. The van der Waals surface area contributed by atoms with E-state index in [0.29, 0.717) is 6.61 Å². The SMILES string of the molecule is Cc1cccc(CN2CCOC(c3nnn4cc(-c5ccncc5)ccc34)C2)n1. The van der Waals surface area contributed by atoms with E-state index in [-0.39, 0.29) is 6.10 Å². The third-order valence-electron chi connectivity index (χ3n) is 5.24. The number of hydrogen-bond acceptors (Lipinski definition) is 6. The number of hydrogen-bond donors (Lipinski definition) is 0. The Hall–Kier alpha value is -3.16. The first kappa shape index (κ1) is 17.9. The zero-order valence-electron chi connectivity index (χ0n) is 16.3. The van der Waals surface area contributed by atoms with Crippen molar-refractivity contribution in [3.63, 3.8) is 0 Å². The molecule has 1 saturated heterocycles. The van der Waals surface area contributed by atoms with E-state index in [4.69, 9.17) is 4.74 Å². The van der Waals surface area contributed by atoms with Crippen molar-refractivity contribution in [1.82, 2.24) is 29.7 Å². The maximum absolute atomic E-state index is 6.05. The number of pyridine rings is 3. The van der Waals surface area contributed by atoms with Crippen LogP contribution in [0.2, 0.25) is 0 Å². The zero-order valence-corrected chi connectivity index (χ0v) is 16.3. The number of nitrogens with zero attached hydrogens (tertiary/aromatic N) is 6. The summed E-state index contributed by atoms with van der Waals surface area (Å²) in [6.45, 7) is 5.17. The van der Waals surface area contributed by atoms with Crippen LogP contribution in [0.4, 0.5) is 0 Å². The predicted molar refractivity (Wildman–Crippen MR) is 109 cm³/mol. The molecule has 5 rings (SSSR count). The number of aryl methyl sites for hydroxylation is 1. The third-order valence-corrected chi connectivity index (χ3v) is 5.24. The Morgan fingerprint density at radius 1 is 1.07 bits per heavy atom. The van der Waals surface area contributed by atoms with Crippen LogP contribution in [0, 0.1) is 6.92 Å². The molecule has 1 fully saturated rings. The minimum Gasteiger partial charge on any atom is -0.369 e. The van der Waals surface area contributed by atoms with Gasteiger partial charge in [-0.05, 0) is 42.8 Å². The first-order chi connectivity index (χ1) is 14.3. The van der Waals surface area contributed by atoms with Gasteiger partial charge in [0.1, 0.15) is 11.8 Å². The molecule has 1 atom stereocenters. The third kappa shape index (κ3) is 3.74. The Balaban J connectivity index is 1.37. The maximum Gasteiger partial charge on any atom is 0.121 e. The van der Waals surface area contributed by atoms with Gasteiger partial charge in [0.15, 0.2) is 0 Å². The quantitative estimate of drug-likeness (QED) is 0.537. The second-order valence-electron chi connectivity index (χ2n) is 7.32. The molecule has 0 amide bonds. The van der Waals surface area contributed by atoms with E-state index in [1.54, 1.807) is 12.4 Å². The lowest BCUT2D eigenvalue weighted by Crippen LogP contribution is -2.38. The average molecular weight is 386 g/mol. The molecule has 5 heterocycles. The molecule has 1 unspecified atom stereocenters. The summed E-state index contributed by atoms with van der Waals surface area (Å²) in [6, 6.07) is 14.3. The lowest BCUT2D eigenvalue weighted by Gasteiger charge is -2.31. The monoisotopic (exact) mass is 386 g/mol. The lowest BCUT2D eigenvalue weighted by molar-refractivity contribution is -0.0346. The van der Waals surface area contributed by atoms with E-state index in [9.17, 15) is 0 Å². The predicted octanol–water partition coefficient (Wildman–Crippen LogP) is 3.07. The molecule has 146 valence electrons. The molecule has 0 saturated carbocycles. The normalized spacial score (nSPS) is 17.6. The van der Waals surface area contributed by atoms with Gasteiger partial charge in [0.25, 0.3) is 0 Å². The summed E-state index contributed by atoms with van der Waals surface area (Å²) in [5.41, 5.74) is 6.16. The molecule has 4 aromatic heterocycles. The number of aromatic nitrogens is 5. The molecular formula is C22H22N6O. The van der Waals surface area contributed by atoms with Gasteiger partial charge in [-0.3, -0.25) is 14.9 Å². The second kappa shape index (κ2) is 7.69. The van der Waals surface area contributed by atoms with Gasteiger partial charge in [-0.1, -0.05) is 17.3 Å². The van der Waals surface area contributed by atoms with Gasteiger partial charge in [-0.15, -0.1) is 5.10 Å². The number of ether oxygens (including phenoxy) is 1. The van der Waals surface area contributed by atoms with E-state index >= 15 is 0 Å². The fraction of sp³-hybridized carbons (Fsp3) is 0.273. The highest BCUT2D eigenvalue weighted by molar-refractivity contribution is 5.65. The molecule has 0 bridgehead atoms. The average Bonchev–Trinajstić information content (AvgIpc) is 3.18. The summed E-state index contributed by atoms with van der Waals surface area (Å²) in [5, 5.41) is 8.78. The molecule has 0 aromatic carbocycles. The highest BCUT2D eigenvalue weighted by Gasteiger charge is 2.26. The minimum atomic E-state index is -0.0992. The van der Waals surface area contributed by atoms with Crippen LogP contribution in [0.5, 0.6) is 0 Å². The van der Waals surface area contributed by atoms with Crippen LogP contribution in [0.3, 0.4) is 0 Å². The zero-order chi connectivity index (χ0) is 19.6. The first-order valence-corrected chi connectivity index (χ1v) is 9.78. The van der Waals surface area contributed by atoms with Crippen molar-refractivity contribution in [3.8, 4) is 11.1 Å². The molecule has 4 aromatic rings. The van der Waals surface area contributed by atoms with Gasteiger partial charge >= 0.3 is 0 Å². The van der Waals surface area contributed by atoms with Crippen molar-refractivity contribution >= 4 is 5.52 Å². The summed E-state index contributed by atoms with van der Waals surface area (Å²) < 4.78 is 7.88. The fourth-order valence-electron chi connectivity index (χ4n) is 3.79. The van der Waals surface area contributed by atoms with Gasteiger partial charge in [-0.25, -0.2) is 4.52 Å². The Bertz CT molecular complexity index is 1130. The van der Waals surface area contributed by atoms with Crippen LogP contribution in [-0.4, -0.2) is 49.4 Å². The van der Waals surface area contributed by atoms with Crippen molar-refractivity contribution < 1.29 is 4.74 Å². The first-order valence-electron chi connectivity index (χ1n) is 9.78. The summed E-state index contributed by atoms with van der Waals surface area (Å²) in [7, 11) is 0. The molecule has 0 aliphatic carbocycles. The Morgan fingerprint density at radius 3 is 2.83 bits per heavy atom. The van der Waals surface area contributed by atoms with Crippen molar-refractivity contribution in [2.75, 3.05) is 19.7 Å². The van der Waals surface area contributed by atoms with Gasteiger partial charge in [0, 0.05) is 49.5 Å². The van der Waals surface area contributed by atoms with Crippen LogP contribution < -0.4 is 0 Å². The molecule has 0 radical (unpaired) electrons. The Morgan fingerprint density at radius 2 is 1.97 bits per heavy atom.